The van der Waals surface area contributed by atoms with Gasteiger partial charge in [0.25, 0.3) is 10.0 Å². The molecule has 0 aliphatic carbocycles. The quantitative estimate of drug-likeness (QED) is 0.647. The number of aryl methyl sites for hydroxylation is 2. The third-order valence-electron chi connectivity index (χ3n) is 3.67. The van der Waals surface area contributed by atoms with E-state index in [-0.39, 0.29) is 17.1 Å². The molecule has 0 aliphatic rings. The van der Waals surface area contributed by atoms with Crippen molar-refractivity contribution >= 4 is 27.3 Å². The van der Waals surface area contributed by atoms with Crippen LogP contribution in [0, 0.1) is 6.92 Å². The molecule has 0 unspecified atom stereocenters. The standard InChI is InChI=1S/C17H21N3O4S/c1-11-9-13(18)5-6-14(11)20-25(22,23)16-7-3-12(4-8-17(19)21)10-15(16)24-2/h3,5-7,9-10,20H,4,8,18H2,1-2H3,(H2,19,21). The molecule has 0 aromatic heterocycles. The summed E-state index contributed by atoms with van der Waals surface area (Å²) in [5.41, 5.74) is 13.3. The topological polar surface area (TPSA) is 125 Å². The minimum Gasteiger partial charge on any atom is -0.495 e. The molecule has 8 heteroatoms. The van der Waals surface area contributed by atoms with Crippen LogP contribution in [0.4, 0.5) is 11.4 Å². The number of nitrogens with one attached hydrogen (secondary N) is 1. The smallest absolute Gasteiger partial charge is 0.265 e. The summed E-state index contributed by atoms with van der Waals surface area (Å²) in [6.45, 7) is 1.76. The third kappa shape index (κ3) is 4.63. The van der Waals surface area contributed by atoms with Crippen molar-refractivity contribution < 1.29 is 17.9 Å². The lowest BCUT2D eigenvalue weighted by Crippen LogP contribution is -2.15. The Balaban J connectivity index is 2.33. The Labute approximate surface area is 147 Å². The van der Waals surface area contributed by atoms with Crippen molar-refractivity contribution in [2.75, 3.05) is 17.6 Å². The van der Waals surface area contributed by atoms with Crippen LogP contribution >= 0.6 is 0 Å². The van der Waals surface area contributed by atoms with Crippen LogP contribution in [0.3, 0.4) is 0 Å². The SMILES string of the molecule is COc1cc(CCC(N)=O)ccc1S(=O)(=O)Nc1ccc(N)cc1C. The normalized spacial score (nSPS) is 11.1. The van der Waals surface area contributed by atoms with E-state index in [9.17, 15) is 13.2 Å². The van der Waals surface area contributed by atoms with E-state index in [1.54, 1.807) is 37.3 Å². The maximum atomic E-state index is 12.7. The minimum atomic E-state index is -3.85. The maximum Gasteiger partial charge on any atom is 0.265 e. The molecule has 1 amide bonds. The van der Waals surface area contributed by atoms with Gasteiger partial charge in [0.05, 0.1) is 12.8 Å². The van der Waals surface area contributed by atoms with E-state index in [2.05, 4.69) is 4.72 Å². The van der Waals surface area contributed by atoms with Crippen molar-refractivity contribution in [3.05, 3.63) is 47.5 Å². The first-order chi connectivity index (χ1) is 11.7. The van der Waals surface area contributed by atoms with E-state index in [0.29, 0.717) is 23.4 Å². The molecule has 134 valence electrons. The van der Waals surface area contributed by atoms with Gasteiger partial charge in [0.15, 0.2) is 0 Å². The van der Waals surface area contributed by atoms with Crippen molar-refractivity contribution in [2.24, 2.45) is 5.73 Å². The number of rotatable bonds is 7. The summed E-state index contributed by atoms with van der Waals surface area (Å²) in [7, 11) is -2.46. The number of hydrogen-bond acceptors (Lipinski definition) is 5. The van der Waals surface area contributed by atoms with Gasteiger partial charge in [0.2, 0.25) is 5.91 Å². The Kier molecular flexibility index (Phi) is 5.53. The molecule has 2 aromatic carbocycles. The van der Waals surface area contributed by atoms with E-state index in [0.717, 1.165) is 5.56 Å². The van der Waals surface area contributed by atoms with Gasteiger partial charge in [-0.15, -0.1) is 0 Å². The second-order valence-electron chi connectivity index (χ2n) is 5.63. The molecule has 0 radical (unpaired) electrons. The van der Waals surface area contributed by atoms with E-state index in [1.807, 2.05) is 0 Å². The van der Waals surface area contributed by atoms with Gasteiger partial charge in [-0.05, 0) is 54.8 Å². The third-order valence-corrected chi connectivity index (χ3v) is 5.08. The highest BCUT2D eigenvalue weighted by molar-refractivity contribution is 7.92. The second kappa shape index (κ2) is 7.43. The van der Waals surface area contributed by atoms with Crippen LogP contribution in [-0.4, -0.2) is 21.4 Å². The molecule has 0 aliphatic heterocycles. The summed E-state index contributed by atoms with van der Waals surface area (Å²) in [6.07, 6.45) is 0.592. The number of hydrogen-bond donors (Lipinski definition) is 3. The summed E-state index contributed by atoms with van der Waals surface area (Å²) in [4.78, 5) is 10.9. The minimum absolute atomic E-state index is 0.00838. The zero-order chi connectivity index (χ0) is 18.6. The van der Waals surface area contributed by atoms with Crippen LogP contribution in [-0.2, 0) is 21.2 Å². The Bertz CT molecular complexity index is 895. The fourth-order valence-electron chi connectivity index (χ4n) is 2.36. The summed E-state index contributed by atoms with van der Waals surface area (Å²) >= 11 is 0. The van der Waals surface area contributed by atoms with Crippen molar-refractivity contribution in [3.8, 4) is 5.75 Å². The molecule has 7 nitrogen and oxygen atoms in total. The Morgan fingerprint density at radius 3 is 2.52 bits per heavy atom. The molecule has 0 saturated carbocycles. The average Bonchev–Trinajstić information content (AvgIpc) is 2.55. The van der Waals surface area contributed by atoms with Gasteiger partial charge in [0, 0.05) is 12.1 Å². The predicted molar refractivity (Wildman–Crippen MR) is 96.9 cm³/mol. The highest BCUT2D eigenvalue weighted by Crippen LogP contribution is 2.28. The van der Waals surface area contributed by atoms with E-state index < -0.39 is 15.9 Å². The summed E-state index contributed by atoms with van der Waals surface area (Å²) in [5, 5.41) is 0. The first-order valence-electron chi connectivity index (χ1n) is 7.57. The predicted octanol–water partition coefficient (Wildman–Crippen LogP) is 1.80. The Hall–Kier alpha value is -2.74. The van der Waals surface area contributed by atoms with E-state index >= 15 is 0 Å². The molecule has 0 fully saturated rings. The van der Waals surface area contributed by atoms with Crippen LogP contribution < -0.4 is 20.9 Å². The molecular weight excluding hydrogens is 342 g/mol. The number of sulfonamides is 1. The van der Waals surface area contributed by atoms with Gasteiger partial charge in [0.1, 0.15) is 10.6 Å². The van der Waals surface area contributed by atoms with Crippen LogP contribution in [0.5, 0.6) is 5.75 Å². The van der Waals surface area contributed by atoms with Crippen LogP contribution in [0.25, 0.3) is 0 Å². The van der Waals surface area contributed by atoms with Crippen molar-refractivity contribution in [2.45, 2.75) is 24.7 Å². The number of carbonyl (C=O) groups is 1. The average molecular weight is 363 g/mol. The number of carbonyl (C=O) groups excluding carboxylic acids is 1. The van der Waals surface area contributed by atoms with Crippen LogP contribution in [0.1, 0.15) is 17.5 Å². The molecule has 2 aromatic rings. The number of methoxy groups -OCH3 is 1. The molecule has 0 bridgehead atoms. The lowest BCUT2D eigenvalue weighted by Gasteiger charge is -2.14. The fourth-order valence-corrected chi connectivity index (χ4v) is 3.64. The monoisotopic (exact) mass is 363 g/mol. The highest BCUT2D eigenvalue weighted by Gasteiger charge is 2.21. The number of amides is 1. The number of nitrogen functional groups attached to an aromatic ring is 1. The molecule has 0 spiro atoms. The number of ether oxygens (including phenoxy) is 1. The zero-order valence-electron chi connectivity index (χ0n) is 14.1. The number of primary amides is 1. The van der Waals surface area contributed by atoms with Crippen molar-refractivity contribution in [3.63, 3.8) is 0 Å². The van der Waals surface area contributed by atoms with E-state index in [4.69, 9.17) is 16.2 Å². The van der Waals surface area contributed by atoms with Gasteiger partial charge in [-0.25, -0.2) is 8.42 Å². The molecular formula is C17H21N3O4S. The molecule has 0 atom stereocenters. The van der Waals surface area contributed by atoms with Gasteiger partial charge < -0.3 is 16.2 Å². The fraction of sp³-hybridized carbons (Fsp3) is 0.235. The largest absolute Gasteiger partial charge is 0.495 e. The lowest BCUT2D eigenvalue weighted by molar-refractivity contribution is -0.117. The van der Waals surface area contributed by atoms with Crippen LogP contribution in [0.15, 0.2) is 41.3 Å². The molecule has 25 heavy (non-hydrogen) atoms. The van der Waals surface area contributed by atoms with Crippen LogP contribution in [0.2, 0.25) is 0 Å². The molecule has 5 N–H and O–H groups in total. The van der Waals surface area contributed by atoms with Gasteiger partial charge in [-0.2, -0.15) is 0 Å². The van der Waals surface area contributed by atoms with Crippen molar-refractivity contribution in [1.82, 2.24) is 0 Å². The number of anilines is 2. The Morgan fingerprint density at radius 1 is 1.20 bits per heavy atom. The Morgan fingerprint density at radius 2 is 1.92 bits per heavy atom. The number of benzene rings is 2. The highest BCUT2D eigenvalue weighted by atomic mass is 32.2. The molecule has 0 heterocycles. The van der Waals surface area contributed by atoms with E-state index in [1.165, 1.54) is 13.2 Å². The first kappa shape index (κ1) is 18.6. The second-order valence-corrected chi connectivity index (χ2v) is 7.28. The lowest BCUT2D eigenvalue weighted by atomic mass is 10.1. The molecule has 2 rings (SSSR count). The van der Waals surface area contributed by atoms with Gasteiger partial charge in [-0.1, -0.05) is 6.07 Å². The summed E-state index contributed by atoms with van der Waals surface area (Å²) < 4.78 is 33.1. The number of nitrogens with two attached hydrogens (primary N) is 2. The van der Waals surface area contributed by atoms with Crippen molar-refractivity contribution in [1.29, 1.82) is 0 Å². The zero-order valence-corrected chi connectivity index (χ0v) is 14.9. The van der Waals surface area contributed by atoms with Gasteiger partial charge >= 0.3 is 0 Å². The molecule has 0 saturated heterocycles. The first-order valence-corrected chi connectivity index (χ1v) is 9.05. The van der Waals surface area contributed by atoms with Gasteiger partial charge in [-0.3, -0.25) is 9.52 Å². The maximum absolute atomic E-state index is 12.7. The summed E-state index contributed by atoms with van der Waals surface area (Å²) in [6, 6.07) is 9.58. The summed E-state index contributed by atoms with van der Waals surface area (Å²) in [5.74, 6) is -0.223.